The summed E-state index contributed by atoms with van der Waals surface area (Å²) in [6, 6.07) is 18.3. The van der Waals surface area contributed by atoms with E-state index in [4.69, 9.17) is 23.7 Å². The Kier molecular flexibility index (Phi) is 5.57. The summed E-state index contributed by atoms with van der Waals surface area (Å²) in [4.78, 5) is 0. The van der Waals surface area contributed by atoms with Crippen molar-refractivity contribution in [1.29, 1.82) is 0 Å². The van der Waals surface area contributed by atoms with Gasteiger partial charge in [0.15, 0.2) is 6.29 Å². The lowest BCUT2D eigenvalue weighted by Gasteiger charge is -2.48. The van der Waals surface area contributed by atoms with Crippen LogP contribution in [-0.2, 0) is 23.7 Å². The van der Waals surface area contributed by atoms with Gasteiger partial charge in [-0.3, -0.25) is 0 Å². The summed E-state index contributed by atoms with van der Waals surface area (Å²) >= 11 is 0. The minimum absolute atomic E-state index is 0.215. The fraction of sp³-hybridized carbons (Fsp3) is 0.455. The van der Waals surface area contributed by atoms with Crippen LogP contribution in [0.3, 0.4) is 0 Å². The maximum absolute atomic E-state index is 6.36. The molecule has 2 saturated heterocycles. The zero-order valence-corrected chi connectivity index (χ0v) is 15.9. The molecule has 6 atom stereocenters. The van der Waals surface area contributed by atoms with Crippen molar-refractivity contribution in [1.82, 2.24) is 0 Å². The molecule has 0 saturated carbocycles. The van der Waals surface area contributed by atoms with Crippen LogP contribution in [0, 0.1) is 6.92 Å². The van der Waals surface area contributed by atoms with Crippen molar-refractivity contribution < 1.29 is 23.7 Å². The second-order valence-electron chi connectivity index (χ2n) is 7.08. The molecular formula is C22H26O5. The lowest BCUT2D eigenvalue weighted by Crippen LogP contribution is -2.60. The molecule has 2 aromatic rings. The number of aryl methyl sites for hydroxylation is 1. The van der Waals surface area contributed by atoms with E-state index in [0.29, 0.717) is 6.61 Å². The molecule has 5 nitrogen and oxygen atoms in total. The third-order valence-electron chi connectivity index (χ3n) is 5.35. The number of methoxy groups -OCH3 is 2. The Bertz CT molecular complexity index is 732. The fourth-order valence-electron chi connectivity index (χ4n) is 3.91. The van der Waals surface area contributed by atoms with Gasteiger partial charge in [-0.25, -0.2) is 0 Å². The van der Waals surface area contributed by atoms with Gasteiger partial charge >= 0.3 is 0 Å². The zero-order chi connectivity index (χ0) is 18.8. The molecule has 0 bridgehead atoms. The average molecular weight is 370 g/mol. The minimum Gasteiger partial charge on any atom is -0.376 e. The third kappa shape index (κ3) is 3.66. The van der Waals surface area contributed by atoms with Gasteiger partial charge in [-0.2, -0.15) is 0 Å². The topological polar surface area (TPSA) is 46.2 Å². The van der Waals surface area contributed by atoms with Gasteiger partial charge in [-0.05, 0) is 12.5 Å². The SMILES string of the molecule is CO[C@@H]1[C@@H](OC)[C@H](c2ccccc2)O[C@@H]2CO[C@@H](c3ccc(C)cc3)O[C@@H]12. The van der Waals surface area contributed by atoms with Gasteiger partial charge in [-0.1, -0.05) is 60.2 Å². The van der Waals surface area contributed by atoms with Gasteiger partial charge < -0.3 is 23.7 Å². The van der Waals surface area contributed by atoms with Gasteiger partial charge in [-0.15, -0.1) is 0 Å². The smallest absolute Gasteiger partial charge is 0.184 e. The molecule has 144 valence electrons. The van der Waals surface area contributed by atoms with Crippen LogP contribution in [0.25, 0.3) is 0 Å². The van der Waals surface area contributed by atoms with Crippen LogP contribution in [-0.4, -0.2) is 45.2 Å². The number of hydrogen-bond acceptors (Lipinski definition) is 5. The molecule has 4 rings (SSSR count). The van der Waals surface area contributed by atoms with Crippen LogP contribution in [0.15, 0.2) is 54.6 Å². The van der Waals surface area contributed by atoms with Crippen LogP contribution in [0.5, 0.6) is 0 Å². The van der Waals surface area contributed by atoms with Gasteiger partial charge in [0.1, 0.15) is 30.5 Å². The first-order chi connectivity index (χ1) is 13.2. The molecule has 27 heavy (non-hydrogen) atoms. The molecule has 0 N–H and O–H groups in total. The van der Waals surface area contributed by atoms with Crippen LogP contribution < -0.4 is 0 Å². The third-order valence-corrected chi connectivity index (χ3v) is 5.35. The lowest BCUT2D eigenvalue weighted by atomic mass is 9.90. The van der Waals surface area contributed by atoms with E-state index in [1.165, 1.54) is 5.56 Å². The molecular weight excluding hydrogens is 344 g/mol. The predicted molar refractivity (Wildman–Crippen MR) is 100 cm³/mol. The molecule has 0 amide bonds. The second kappa shape index (κ2) is 8.09. The maximum Gasteiger partial charge on any atom is 0.184 e. The molecule has 0 aliphatic carbocycles. The molecule has 2 aliphatic rings. The van der Waals surface area contributed by atoms with Gasteiger partial charge in [0.05, 0.1) is 6.61 Å². The number of hydrogen-bond donors (Lipinski definition) is 0. The molecule has 2 aromatic carbocycles. The summed E-state index contributed by atoms with van der Waals surface area (Å²) in [7, 11) is 3.38. The largest absolute Gasteiger partial charge is 0.376 e. The summed E-state index contributed by atoms with van der Waals surface area (Å²) in [5, 5.41) is 0. The Morgan fingerprint density at radius 1 is 0.815 bits per heavy atom. The quantitative estimate of drug-likeness (QED) is 0.823. The van der Waals surface area contributed by atoms with E-state index in [0.717, 1.165) is 11.1 Å². The maximum atomic E-state index is 6.36. The number of benzene rings is 2. The van der Waals surface area contributed by atoms with E-state index in [2.05, 4.69) is 19.1 Å². The highest BCUT2D eigenvalue weighted by atomic mass is 16.7. The van der Waals surface area contributed by atoms with Gasteiger partial charge in [0, 0.05) is 19.8 Å². The molecule has 0 spiro atoms. The number of fused-ring (bicyclic) bond motifs is 1. The first-order valence-corrected chi connectivity index (χ1v) is 9.31. The highest BCUT2D eigenvalue weighted by Gasteiger charge is 2.50. The van der Waals surface area contributed by atoms with Crippen molar-refractivity contribution in [3.05, 3.63) is 71.3 Å². The Labute approximate surface area is 160 Å². The Hall–Kier alpha value is -1.76. The molecule has 2 fully saturated rings. The van der Waals surface area contributed by atoms with Crippen LogP contribution in [0.4, 0.5) is 0 Å². The predicted octanol–water partition coefficient (Wildman–Crippen LogP) is 3.58. The Morgan fingerprint density at radius 2 is 1.52 bits per heavy atom. The van der Waals surface area contributed by atoms with Crippen molar-refractivity contribution in [2.75, 3.05) is 20.8 Å². The van der Waals surface area contributed by atoms with E-state index < -0.39 is 6.29 Å². The number of ether oxygens (including phenoxy) is 5. The fourth-order valence-corrected chi connectivity index (χ4v) is 3.91. The van der Waals surface area contributed by atoms with Crippen molar-refractivity contribution in [2.45, 2.75) is 43.7 Å². The Balaban J connectivity index is 1.58. The van der Waals surface area contributed by atoms with E-state index in [1.807, 2.05) is 42.5 Å². The first-order valence-electron chi connectivity index (χ1n) is 9.31. The number of rotatable bonds is 4. The van der Waals surface area contributed by atoms with Crippen molar-refractivity contribution >= 4 is 0 Å². The standard InChI is InChI=1S/C22H26O5/c1-14-9-11-16(12-10-14)22-25-13-17-19(27-22)21(24-3)20(23-2)18(26-17)15-7-5-4-6-8-15/h4-12,17-22H,13H2,1-3H3/t17-,18+,19-,20+,21+,22-/m1/s1. The van der Waals surface area contributed by atoms with Crippen LogP contribution in [0.2, 0.25) is 0 Å². The molecule has 2 aliphatic heterocycles. The normalized spacial score (nSPS) is 33.4. The summed E-state index contributed by atoms with van der Waals surface area (Å²) in [6.45, 7) is 2.51. The highest BCUT2D eigenvalue weighted by molar-refractivity contribution is 5.23. The van der Waals surface area contributed by atoms with Crippen molar-refractivity contribution in [3.8, 4) is 0 Å². The van der Waals surface area contributed by atoms with Gasteiger partial charge in [0.2, 0.25) is 0 Å². The van der Waals surface area contributed by atoms with Crippen molar-refractivity contribution in [3.63, 3.8) is 0 Å². The molecule has 0 aromatic heterocycles. The minimum atomic E-state index is -0.432. The summed E-state index contributed by atoms with van der Waals surface area (Å²) in [5.41, 5.74) is 3.26. The summed E-state index contributed by atoms with van der Waals surface area (Å²) in [5.74, 6) is 0. The van der Waals surface area contributed by atoms with Crippen LogP contribution >= 0.6 is 0 Å². The second-order valence-corrected chi connectivity index (χ2v) is 7.08. The zero-order valence-electron chi connectivity index (χ0n) is 15.9. The molecule has 0 unspecified atom stereocenters. The molecule has 2 heterocycles. The van der Waals surface area contributed by atoms with E-state index in [1.54, 1.807) is 14.2 Å². The van der Waals surface area contributed by atoms with Gasteiger partial charge in [0.25, 0.3) is 0 Å². The lowest BCUT2D eigenvalue weighted by molar-refractivity contribution is -0.334. The molecule has 5 heteroatoms. The van der Waals surface area contributed by atoms with E-state index in [-0.39, 0.29) is 30.5 Å². The average Bonchev–Trinajstić information content (AvgIpc) is 2.73. The van der Waals surface area contributed by atoms with E-state index in [9.17, 15) is 0 Å². The van der Waals surface area contributed by atoms with Crippen LogP contribution in [0.1, 0.15) is 29.1 Å². The monoisotopic (exact) mass is 370 g/mol. The van der Waals surface area contributed by atoms with E-state index >= 15 is 0 Å². The first kappa shape index (κ1) is 18.6. The Morgan fingerprint density at radius 3 is 2.19 bits per heavy atom. The highest BCUT2D eigenvalue weighted by Crippen LogP contribution is 2.40. The molecule has 0 radical (unpaired) electrons. The summed E-state index contributed by atoms with van der Waals surface area (Å²) < 4.78 is 30.3. The summed E-state index contributed by atoms with van der Waals surface area (Å²) in [6.07, 6.45) is -1.66. The van der Waals surface area contributed by atoms with Crippen molar-refractivity contribution in [2.24, 2.45) is 0 Å².